The van der Waals surface area contributed by atoms with Gasteiger partial charge in [0.2, 0.25) is 0 Å². The van der Waals surface area contributed by atoms with E-state index in [1.165, 1.54) is 6.07 Å². The third-order valence-corrected chi connectivity index (χ3v) is 2.88. The number of rotatable bonds is 5. The zero-order valence-corrected chi connectivity index (χ0v) is 11.2. The van der Waals surface area contributed by atoms with Gasteiger partial charge < -0.3 is 5.32 Å². The summed E-state index contributed by atoms with van der Waals surface area (Å²) in [4.78, 5) is 21.3. The molecule has 0 aromatic heterocycles. The van der Waals surface area contributed by atoms with Gasteiger partial charge in [0.15, 0.2) is 0 Å². The van der Waals surface area contributed by atoms with Crippen LogP contribution in [0, 0.1) is 10.1 Å². The Balaban J connectivity index is 2.84. The van der Waals surface area contributed by atoms with Gasteiger partial charge in [-0.2, -0.15) is 8.78 Å². The van der Waals surface area contributed by atoms with Gasteiger partial charge in [-0.25, -0.2) is 8.78 Å². The summed E-state index contributed by atoms with van der Waals surface area (Å²) in [7, 11) is 0. The molecule has 1 rings (SSSR count). The van der Waals surface area contributed by atoms with Crippen LogP contribution < -0.4 is 5.32 Å². The van der Waals surface area contributed by atoms with Crippen molar-refractivity contribution in [2.45, 2.75) is 12.3 Å². The number of halogens is 5. The molecule has 5 nitrogen and oxygen atoms in total. The molecule has 0 spiro atoms. The molecule has 1 N–H and O–H groups in total. The van der Waals surface area contributed by atoms with Gasteiger partial charge in [0.05, 0.1) is 15.9 Å². The van der Waals surface area contributed by atoms with Crippen LogP contribution in [0.3, 0.4) is 0 Å². The zero-order chi connectivity index (χ0) is 15.5. The van der Waals surface area contributed by atoms with Crippen molar-refractivity contribution in [1.29, 1.82) is 0 Å². The van der Waals surface area contributed by atoms with Crippen molar-refractivity contribution in [3.8, 4) is 0 Å². The fourth-order valence-corrected chi connectivity index (χ4v) is 1.56. The maximum Gasteiger partial charge on any atom is 0.324 e. The van der Waals surface area contributed by atoms with Gasteiger partial charge >= 0.3 is 12.3 Å². The van der Waals surface area contributed by atoms with Gasteiger partial charge in [0.25, 0.3) is 11.6 Å². The van der Waals surface area contributed by atoms with Gasteiger partial charge in [-0.05, 0) is 28.1 Å². The number of amides is 1. The largest absolute Gasteiger partial charge is 0.346 e. The van der Waals surface area contributed by atoms with Crippen LogP contribution in [0.2, 0.25) is 0 Å². The Morgan fingerprint density at radius 1 is 1.45 bits per heavy atom. The highest BCUT2D eigenvalue weighted by molar-refractivity contribution is 9.10. The van der Waals surface area contributed by atoms with Gasteiger partial charge in [0.1, 0.15) is 0 Å². The fourth-order valence-electron chi connectivity index (χ4n) is 1.17. The fraction of sp³-hybridized carbons (Fsp3) is 0.300. The second-order valence-corrected chi connectivity index (χ2v) is 4.52. The van der Waals surface area contributed by atoms with Crippen molar-refractivity contribution >= 4 is 27.5 Å². The summed E-state index contributed by atoms with van der Waals surface area (Å²) >= 11 is 2.88. The Morgan fingerprint density at radius 3 is 2.55 bits per heavy atom. The molecule has 0 fully saturated rings. The second kappa shape index (κ2) is 6.16. The minimum atomic E-state index is -4.36. The van der Waals surface area contributed by atoms with E-state index in [1.54, 1.807) is 5.32 Å². The molecule has 0 atom stereocenters. The highest BCUT2D eigenvalue weighted by Gasteiger charge is 2.40. The first kappa shape index (κ1) is 16.3. The van der Waals surface area contributed by atoms with Crippen LogP contribution in [-0.2, 0) is 0 Å². The average Bonchev–Trinajstić information content (AvgIpc) is 2.36. The van der Waals surface area contributed by atoms with Crippen molar-refractivity contribution in [3.63, 3.8) is 0 Å². The lowest BCUT2D eigenvalue weighted by Crippen LogP contribution is -2.41. The molecule has 1 amide bonds. The molecule has 1 aromatic carbocycles. The maximum absolute atomic E-state index is 12.6. The summed E-state index contributed by atoms with van der Waals surface area (Å²) in [6.45, 7) is -1.56. The standard InChI is InChI=1S/C10H7BrF4N2O3/c11-6-2-1-5(3-7(6)17(19)20)8(18)16-4-10(14,15)9(12)13/h1-3,9H,4H2,(H,16,18). The topological polar surface area (TPSA) is 72.2 Å². The molecular formula is C10H7BrF4N2O3. The number of carbonyl (C=O) groups excluding carboxylic acids is 1. The van der Waals surface area contributed by atoms with Crippen molar-refractivity contribution in [2.24, 2.45) is 0 Å². The molecule has 0 heterocycles. The molecule has 0 radical (unpaired) electrons. The van der Waals surface area contributed by atoms with Crippen molar-refractivity contribution < 1.29 is 27.3 Å². The van der Waals surface area contributed by atoms with E-state index >= 15 is 0 Å². The summed E-state index contributed by atoms with van der Waals surface area (Å²) in [6.07, 6.45) is -3.91. The minimum absolute atomic E-state index is 0.0944. The molecule has 1 aromatic rings. The van der Waals surface area contributed by atoms with Crippen LogP contribution in [0.25, 0.3) is 0 Å². The SMILES string of the molecule is O=C(NCC(F)(F)C(F)F)c1ccc(Br)c([N+](=O)[O-])c1. The molecule has 10 heteroatoms. The van der Waals surface area contributed by atoms with E-state index in [0.29, 0.717) is 0 Å². The van der Waals surface area contributed by atoms with Crippen molar-refractivity contribution in [3.05, 3.63) is 38.3 Å². The Kier molecular flexibility index (Phi) is 5.03. The number of alkyl halides is 4. The lowest BCUT2D eigenvalue weighted by molar-refractivity contribution is -0.385. The molecule has 0 bridgehead atoms. The van der Waals surface area contributed by atoms with E-state index in [2.05, 4.69) is 15.9 Å². The predicted octanol–water partition coefficient (Wildman–Crippen LogP) is 2.99. The maximum atomic E-state index is 12.6. The molecule has 110 valence electrons. The van der Waals surface area contributed by atoms with E-state index in [-0.39, 0.29) is 10.0 Å². The van der Waals surface area contributed by atoms with E-state index in [1.807, 2.05) is 0 Å². The summed E-state index contributed by atoms with van der Waals surface area (Å²) in [5.74, 6) is -5.47. The summed E-state index contributed by atoms with van der Waals surface area (Å²) < 4.78 is 49.1. The van der Waals surface area contributed by atoms with Crippen LogP contribution >= 0.6 is 15.9 Å². The van der Waals surface area contributed by atoms with Crippen LogP contribution in [-0.4, -0.2) is 29.7 Å². The monoisotopic (exact) mass is 358 g/mol. The van der Waals surface area contributed by atoms with E-state index in [9.17, 15) is 32.5 Å². The summed E-state index contributed by atoms with van der Waals surface area (Å²) in [5, 5.41) is 12.2. The first-order chi connectivity index (χ1) is 9.15. The zero-order valence-electron chi connectivity index (χ0n) is 9.58. The summed E-state index contributed by atoms with van der Waals surface area (Å²) in [5.41, 5.74) is -0.733. The molecule has 0 aliphatic carbocycles. The minimum Gasteiger partial charge on any atom is -0.346 e. The molecule has 0 saturated heterocycles. The van der Waals surface area contributed by atoms with Gasteiger partial charge in [-0.1, -0.05) is 0 Å². The predicted molar refractivity (Wildman–Crippen MR) is 64.1 cm³/mol. The number of nitro groups is 1. The van der Waals surface area contributed by atoms with Crippen LogP contribution in [0.15, 0.2) is 22.7 Å². The second-order valence-electron chi connectivity index (χ2n) is 3.67. The molecule has 20 heavy (non-hydrogen) atoms. The quantitative estimate of drug-likeness (QED) is 0.499. The number of nitrogens with zero attached hydrogens (tertiary/aromatic N) is 1. The number of nitro benzene ring substituents is 1. The van der Waals surface area contributed by atoms with Gasteiger partial charge in [-0.3, -0.25) is 14.9 Å². The van der Waals surface area contributed by atoms with Crippen LogP contribution in [0.5, 0.6) is 0 Å². The Morgan fingerprint density at radius 2 is 2.05 bits per heavy atom. The number of hydrogen-bond donors (Lipinski definition) is 1. The third-order valence-electron chi connectivity index (χ3n) is 2.21. The lowest BCUT2D eigenvalue weighted by Gasteiger charge is -2.15. The normalized spacial score (nSPS) is 11.5. The first-order valence-electron chi connectivity index (χ1n) is 5.03. The molecule has 0 saturated carbocycles. The number of nitrogens with one attached hydrogen (secondary N) is 1. The van der Waals surface area contributed by atoms with E-state index in [0.717, 1.165) is 12.1 Å². The molecule has 0 aliphatic rings. The third kappa shape index (κ3) is 3.89. The number of carbonyl (C=O) groups is 1. The number of hydrogen-bond acceptors (Lipinski definition) is 3. The first-order valence-corrected chi connectivity index (χ1v) is 5.82. The highest BCUT2D eigenvalue weighted by Crippen LogP contribution is 2.26. The highest BCUT2D eigenvalue weighted by atomic mass is 79.9. The van der Waals surface area contributed by atoms with Crippen molar-refractivity contribution in [2.75, 3.05) is 6.54 Å². The van der Waals surface area contributed by atoms with E-state index < -0.39 is 35.4 Å². The molecule has 0 unspecified atom stereocenters. The molecular weight excluding hydrogens is 352 g/mol. The van der Waals surface area contributed by atoms with Gasteiger partial charge in [0, 0.05) is 11.6 Å². The van der Waals surface area contributed by atoms with Crippen molar-refractivity contribution in [1.82, 2.24) is 5.32 Å². The van der Waals surface area contributed by atoms with E-state index in [4.69, 9.17) is 0 Å². The Bertz CT molecular complexity index is 539. The average molecular weight is 359 g/mol. The van der Waals surface area contributed by atoms with Crippen LogP contribution in [0.4, 0.5) is 23.2 Å². The lowest BCUT2D eigenvalue weighted by atomic mass is 10.2. The molecule has 0 aliphatic heterocycles. The van der Waals surface area contributed by atoms with Gasteiger partial charge in [-0.15, -0.1) is 0 Å². The number of benzene rings is 1. The Labute approximate surface area is 118 Å². The summed E-state index contributed by atoms with van der Waals surface area (Å²) in [6, 6.07) is 3.16. The Hall–Kier alpha value is -1.71. The smallest absolute Gasteiger partial charge is 0.324 e. The van der Waals surface area contributed by atoms with Crippen LogP contribution in [0.1, 0.15) is 10.4 Å².